The number of nitrogens with zero attached hydrogens (tertiary/aromatic N) is 1. The lowest BCUT2D eigenvalue weighted by Gasteiger charge is -2.56. The van der Waals surface area contributed by atoms with Crippen LogP contribution in [0.2, 0.25) is 0 Å². The lowest BCUT2D eigenvalue weighted by molar-refractivity contribution is -0.152. The molecule has 6 nitrogen and oxygen atoms in total. The van der Waals surface area contributed by atoms with Crippen LogP contribution >= 0.6 is 0 Å². The molecule has 0 unspecified atom stereocenters. The molecule has 1 aromatic carbocycles. The predicted molar refractivity (Wildman–Crippen MR) is 117 cm³/mol. The van der Waals surface area contributed by atoms with Crippen molar-refractivity contribution in [3.05, 3.63) is 35.9 Å². The molecule has 6 heteroatoms. The average molecular weight is 427 g/mol. The number of likely N-dealkylation sites (N-methyl/N-ethyl adjacent to an activating group) is 1. The molecule has 168 valence electrons. The number of amides is 2. The van der Waals surface area contributed by atoms with Gasteiger partial charge in [0, 0.05) is 13.5 Å². The van der Waals surface area contributed by atoms with E-state index in [1.165, 1.54) is 19.3 Å². The van der Waals surface area contributed by atoms with Crippen LogP contribution in [0.25, 0.3) is 0 Å². The van der Waals surface area contributed by atoms with E-state index in [0.717, 1.165) is 42.6 Å². The van der Waals surface area contributed by atoms with E-state index in [1.54, 1.807) is 11.9 Å². The average Bonchev–Trinajstić information content (AvgIpc) is 2.74. The molecular formula is C25H34N2O4. The Hall–Kier alpha value is -2.37. The van der Waals surface area contributed by atoms with Crippen LogP contribution in [0.1, 0.15) is 63.5 Å². The van der Waals surface area contributed by atoms with Gasteiger partial charge in [-0.1, -0.05) is 30.3 Å². The number of ether oxygens (including phenoxy) is 1. The zero-order valence-corrected chi connectivity index (χ0v) is 18.6. The van der Waals surface area contributed by atoms with Crippen molar-refractivity contribution in [3.63, 3.8) is 0 Å². The van der Waals surface area contributed by atoms with Crippen molar-refractivity contribution in [2.24, 2.45) is 23.2 Å². The summed E-state index contributed by atoms with van der Waals surface area (Å²) in [6, 6.07) is 9.58. The fourth-order valence-electron chi connectivity index (χ4n) is 6.55. The number of nitrogens with one attached hydrogen (secondary N) is 1. The number of hydrogen-bond acceptors (Lipinski definition) is 4. The second-order valence-corrected chi connectivity index (χ2v) is 10.1. The molecule has 1 N–H and O–H groups in total. The van der Waals surface area contributed by atoms with E-state index in [4.69, 9.17) is 4.74 Å². The van der Waals surface area contributed by atoms with Crippen LogP contribution in [-0.2, 0) is 19.1 Å². The summed E-state index contributed by atoms with van der Waals surface area (Å²) in [5.74, 6) is 1.47. The van der Waals surface area contributed by atoms with Crippen LogP contribution in [0.4, 0.5) is 0 Å². The molecule has 1 atom stereocenters. The van der Waals surface area contributed by atoms with Gasteiger partial charge < -0.3 is 15.0 Å². The molecule has 1 aromatic rings. The summed E-state index contributed by atoms with van der Waals surface area (Å²) in [5, 5.41) is 2.72. The number of hydrogen-bond donors (Lipinski definition) is 1. The van der Waals surface area contributed by atoms with Crippen LogP contribution in [-0.4, -0.2) is 42.9 Å². The van der Waals surface area contributed by atoms with Gasteiger partial charge in [-0.3, -0.25) is 14.4 Å². The maximum atomic E-state index is 12.5. The van der Waals surface area contributed by atoms with Crippen LogP contribution in [0.15, 0.2) is 30.3 Å². The molecule has 0 saturated heterocycles. The summed E-state index contributed by atoms with van der Waals surface area (Å²) in [7, 11) is 1.70. The van der Waals surface area contributed by atoms with Crippen LogP contribution in [0.5, 0.6) is 0 Å². The van der Waals surface area contributed by atoms with Crippen LogP contribution < -0.4 is 5.32 Å². The fourth-order valence-corrected chi connectivity index (χ4v) is 6.55. The van der Waals surface area contributed by atoms with Crippen molar-refractivity contribution < 1.29 is 19.1 Å². The molecule has 4 aliphatic carbocycles. The minimum atomic E-state index is -0.576. The topological polar surface area (TPSA) is 75.7 Å². The van der Waals surface area contributed by atoms with E-state index in [2.05, 4.69) is 5.32 Å². The molecule has 4 bridgehead atoms. The number of carbonyl (C=O) groups excluding carboxylic acids is 3. The summed E-state index contributed by atoms with van der Waals surface area (Å²) in [6.45, 7) is 1.42. The summed E-state index contributed by atoms with van der Waals surface area (Å²) in [4.78, 5) is 38.5. The molecular weight excluding hydrogens is 392 g/mol. The summed E-state index contributed by atoms with van der Waals surface area (Å²) >= 11 is 0. The highest BCUT2D eigenvalue weighted by Gasteiger charge is 2.51. The van der Waals surface area contributed by atoms with Gasteiger partial charge in [0.25, 0.3) is 5.91 Å². The first-order valence-corrected chi connectivity index (χ1v) is 11.6. The SMILES string of the molecule is C[C@H](c1ccccc1)N(C)C(=O)COC(=O)CNC(=O)CC12CC3CC(CC(C3)C1)C2. The van der Waals surface area contributed by atoms with Crippen molar-refractivity contribution in [2.75, 3.05) is 20.2 Å². The largest absolute Gasteiger partial charge is 0.454 e. The van der Waals surface area contributed by atoms with Crippen molar-refractivity contribution in [1.29, 1.82) is 0 Å². The molecule has 0 radical (unpaired) electrons. The van der Waals surface area contributed by atoms with E-state index >= 15 is 0 Å². The fraction of sp³-hybridized carbons (Fsp3) is 0.640. The van der Waals surface area contributed by atoms with Gasteiger partial charge in [-0.05, 0) is 74.2 Å². The van der Waals surface area contributed by atoms with Crippen molar-refractivity contribution >= 4 is 17.8 Å². The Kier molecular flexibility index (Phi) is 6.35. The van der Waals surface area contributed by atoms with Crippen molar-refractivity contribution in [2.45, 2.75) is 57.9 Å². The Morgan fingerprint density at radius 3 is 2.23 bits per heavy atom. The van der Waals surface area contributed by atoms with Gasteiger partial charge in [-0.25, -0.2) is 0 Å². The quantitative estimate of drug-likeness (QED) is 0.646. The number of carbonyl (C=O) groups is 3. The van der Waals surface area contributed by atoms with Gasteiger partial charge in [-0.2, -0.15) is 0 Å². The normalized spacial score (nSPS) is 29.3. The van der Waals surface area contributed by atoms with Gasteiger partial charge in [0.15, 0.2) is 6.61 Å². The van der Waals surface area contributed by atoms with Crippen LogP contribution in [0, 0.1) is 23.2 Å². The van der Waals surface area contributed by atoms with Gasteiger partial charge in [0.05, 0.1) is 6.04 Å². The highest BCUT2D eigenvalue weighted by atomic mass is 16.5. The van der Waals surface area contributed by atoms with Crippen molar-refractivity contribution in [1.82, 2.24) is 10.2 Å². The summed E-state index contributed by atoms with van der Waals surface area (Å²) in [5.41, 5.74) is 1.16. The highest BCUT2D eigenvalue weighted by Crippen LogP contribution is 2.61. The van der Waals surface area contributed by atoms with E-state index < -0.39 is 5.97 Å². The maximum Gasteiger partial charge on any atom is 0.325 e. The lowest BCUT2D eigenvalue weighted by Crippen LogP contribution is -2.48. The Labute approximate surface area is 184 Å². The van der Waals surface area contributed by atoms with E-state index in [1.807, 2.05) is 37.3 Å². The maximum absolute atomic E-state index is 12.5. The predicted octanol–water partition coefficient (Wildman–Crippen LogP) is 3.47. The van der Waals surface area contributed by atoms with E-state index in [-0.39, 0.29) is 36.4 Å². The summed E-state index contributed by atoms with van der Waals surface area (Å²) < 4.78 is 5.11. The molecule has 0 aromatic heterocycles. The smallest absolute Gasteiger partial charge is 0.325 e. The lowest BCUT2D eigenvalue weighted by atomic mass is 9.49. The molecule has 0 aliphatic heterocycles. The van der Waals surface area contributed by atoms with Gasteiger partial charge in [0.2, 0.25) is 5.91 Å². The highest BCUT2D eigenvalue weighted by molar-refractivity contribution is 5.84. The molecule has 4 saturated carbocycles. The third-order valence-corrected chi connectivity index (χ3v) is 7.74. The Bertz CT molecular complexity index is 787. The minimum Gasteiger partial charge on any atom is -0.454 e. The first kappa shape index (κ1) is 21.8. The third-order valence-electron chi connectivity index (χ3n) is 7.74. The standard InChI is InChI=1S/C25H34N2O4/c1-17(21-6-4-3-5-7-21)27(2)23(29)16-31-24(30)15-26-22(28)14-25-11-18-8-19(12-25)10-20(9-18)13-25/h3-7,17-20H,8-16H2,1-2H3,(H,26,28)/t17-,18?,19?,20?,25?/m1/s1. The zero-order valence-electron chi connectivity index (χ0n) is 18.6. The zero-order chi connectivity index (χ0) is 22.0. The molecule has 0 spiro atoms. The Balaban J connectivity index is 1.18. The molecule has 5 rings (SSSR count). The monoisotopic (exact) mass is 426 g/mol. The number of benzene rings is 1. The Morgan fingerprint density at radius 2 is 1.65 bits per heavy atom. The second-order valence-electron chi connectivity index (χ2n) is 10.1. The third kappa shape index (κ3) is 5.10. The minimum absolute atomic E-state index is 0.0694. The molecule has 31 heavy (non-hydrogen) atoms. The number of rotatable bonds is 8. The van der Waals surface area contributed by atoms with Crippen molar-refractivity contribution in [3.8, 4) is 0 Å². The first-order chi connectivity index (χ1) is 14.8. The second kappa shape index (κ2) is 9.01. The Morgan fingerprint density at radius 1 is 1.06 bits per heavy atom. The van der Waals surface area contributed by atoms with E-state index in [9.17, 15) is 14.4 Å². The molecule has 2 amide bonds. The molecule has 0 heterocycles. The van der Waals surface area contributed by atoms with Gasteiger partial charge in [-0.15, -0.1) is 0 Å². The van der Waals surface area contributed by atoms with E-state index in [0.29, 0.717) is 6.42 Å². The molecule has 4 fully saturated rings. The molecule has 4 aliphatic rings. The first-order valence-electron chi connectivity index (χ1n) is 11.6. The van der Waals surface area contributed by atoms with Gasteiger partial charge >= 0.3 is 5.97 Å². The van der Waals surface area contributed by atoms with Crippen LogP contribution in [0.3, 0.4) is 0 Å². The summed E-state index contributed by atoms with van der Waals surface area (Å²) in [6.07, 6.45) is 8.04. The van der Waals surface area contributed by atoms with Gasteiger partial charge in [0.1, 0.15) is 6.54 Å². The number of esters is 1.